The maximum atomic E-state index is 11.9. The number of rotatable bonds is 11. The molecule has 0 aliphatic heterocycles. The van der Waals surface area contributed by atoms with Crippen LogP contribution >= 0.6 is 0 Å². The number of amides is 2. The summed E-state index contributed by atoms with van der Waals surface area (Å²) >= 11 is 0. The SMILES string of the molecule is CCCN(CC)CCNC(=O)N(CCOC)CC(=O)O. The van der Waals surface area contributed by atoms with E-state index in [0.29, 0.717) is 13.2 Å². The topological polar surface area (TPSA) is 82.1 Å². The van der Waals surface area contributed by atoms with E-state index in [1.807, 2.05) is 0 Å². The number of hydrogen-bond donors (Lipinski definition) is 2. The highest BCUT2D eigenvalue weighted by Crippen LogP contribution is 1.92. The molecule has 2 amide bonds. The number of hydrogen-bond acceptors (Lipinski definition) is 4. The molecule has 0 aliphatic carbocycles. The zero-order valence-corrected chi connectivity index (χ0v) is 12.7. The molecule has 0 saturated heterocycles. The fraction of sp³-hybridized carbons (Fsp3) is 0.846. The van der Waals surface area contributed by atoms with E-state index in [0.717, 1.165) is 26.1 Å². The molecule has 0 aromatic carbocycles. The molecule has 7 nitrogen and oxygen atoms in total. The van der Waals surface area contributed by atoms with E-state index in [4.69, 9.17) is 9.84 Å². The highest BCUT2D eigenvalue weighted by molar-refractivity contribution is 5.80. The van der Waals surface area contributed by atoms with Crippen LogP contribution in [0.1, 0.15) is 20.3 Å². The molecule has 20 heavy (non-hydrogen) atoms. The zero-order chi connectivity index (χ0) is 15.4. The molecule has 2 N–H and O–H groups in total. The zero-order valence-electron chi connectivity index (χ0n) is 12.7. The maximum Gasteiger partial charge on any atom is 0.323 e. The highest BCUT2D eigenvalue weighted by Gasteiger charge is 2.16. The third-order valence-electron chi connectivity index (χ3n) is 2.87. The lowest BCUT2D eigenvalue weighted by Crippen LogP contribution is -2.46. The molecule has 0 spiro atoms. The summed E-state index contributed by atoms with van der Waals surface area (Å²) in [7, 11) is 1.51. The van der Waals surface area contributed by atoms with Gasteiger partial charge in [-0.2, -0.15) is 0 Å². The second kappa shape index (κ2) is 11.5. The standard InChI is InChI=1S/C13H27N3O4/c1-4-7-15(5-2)8-6-14-13(19)16(9-10-20-3)11-12(17)18/h4-11H2,1-3H3,(H,14,19)(H,17,18). The van der Waals surface area contributed by atoms with E-state index in [-0.39, 0.29) is 19.1 Å². The molecule has 0 atom stereocenters. The lowest BCUT2D eigenvalue weighted by Gasteiger charge is -2.23. The molecule has 0 aromatic rings. The van der Waals surface area contributed by atoms with Crippen molar-refractivity contribution in [2.45, 2.75) is 20.3 Å². The van der Waals surface area contributed by atoms with Gasteiger partial charge in [-0.15, -0.1) is 0 Å². The molecular formula is C13H27N3O4. The summed E-state index contributed by atoms with van der Waals surface area (Å²) in [4.78, 5) is 26.1. The summed E-state index contributed by atoms with van der Waals surface area (Å²) in [5.74, 6) is -1.03. The Balaban J connectivity index is 4.13. The van der Waals surface area contributed by atoms with Gasteiger partial charge < -0.3 is 25.0 Å². The number of carboxylic acid groups (broad SMARTS) is 1. The van der Waals surface area contributed by atoms with Gasteiger partial charge in [-0.1, -0.05) is 13.8 Å². The van der Waals surface area contributed by atoms with E-state index in [9.17, 15) is 9.59 Å². The Morgan fingerprint density at radius 1 is 1.20 bits per heavy atom. The molecule has 0 aromatic heterocycles. The summed E-state index contributed by atoms with van der Waals surface area (Å²) < 4.78 is 4.87. The first kappa shape index (κ1) is 18.7. The number of nitrogens with one attached hydrogen (secondary N) is 1. The van der Waals surface area contributed by atoms with Crippen LogP contribution in [0.4, 0.5) is 4.79 Å². The van der Waals surface area contributed by atoms with Gasteiger partial charge in [0.1, 0.15) is 6.54 Å². The van der Waals surface area contributed by atoms with Crippen molar-refractivity contribution >= 4 is 12.0 Å². The molecule has 118 valence electrons. The number of carbonyl (C=O) groups excluding carboxylic acids is 1. The Labute approximate surface area is 120 Å². The largest absolute Gasteiger partial charge is 0.480 e. The summed E-state index contributed by atoms with van der Waals surface area (Å²) in [5.41, 5.74) is 0. The van der Waals surface area contributed by atoms with Crippen LogP contribution in [0, 0.1) is 0 Å². The van der Waals surface area contributed by atoms with E-state index in [1.165, 1.54) is 12.0 Å². The van der Waals surface area contributed by atoms with Crippen molar-refractivity contribution in [3.63, 3.8) is 0 Å². The number of carboxylic acids is 1. The molecule has 0 radical (unpaired) electrons. The molecule has 0 rings (SSSR count). The van der Waals surface area contributed by atoms with Gasteiger partial charge in [0.25, 0.3) is 0 Å². The maximum absolute atomic E-state index is 11.9. The van der Waals surface area contributed by atoms with Crippen LogP contribution in [0.25, 0.3) is 0 Å². The van der Waals surface area contributed by atoms with Crippen molar-refractivity contribution in [1.29, 1.82) is 0 Å². The Morgan fingerprint density at radius 3 is 2.40 bits per heavy atom. The fourth-order valence-electron chi connectivity index (χ4n) is 1.79. The second-order valence-electron chi connectivity index (χ2n) is 4.47. The monoisotopic (exact) mass is 289 g/mol. The van der Waals surface area contributed by atoms with Crippen LogP contribution in [0.3, 0.4) is 0 Å². The minimum Gasteiger partial charge on any atom is -0.480 e. The smallest absolute Gasteiger partial charge is 0.323 e. The Morgan fingerprint density at radius 2 is 1.90 bits per heavy atom. The van der Waals surface area contributed by atoms with Gasteiger partial charge in [-0.05, 0) is 19.5 Å². The normalized spacial score (nSPS) is 10.6. The first-order chi connectivity index (χ1) is 9.54. The predicted molar refractivity (Wildman–Crippen MR) is 76.9 cm³/mol. The summed E-state index contributed by atoms with van der Waals surface area (Å²) in [5, 5.41) is 11.5. The van der Waals surface area contributed by atoms with Crippen LogP contribution in [0.15, 0.2) is 0 Å². The number of likely N-dealkylation sites (N-methyl/N-ethyl adjacent to an activating group) is 1. The first-order valence-corrected chi connectivity index (χ1v) is 7.00. The average Bonchev–Trinajstić information content (AvgIpc) is 2.41. The third-order valence-corrected chi connectivity index (χ3v) is 2.87. The second-order valence-corrected chi connectivity index (χ2v) is 4.47. The number of nitrogens with zero attached hydrogens (tertiary/aromatic N) is 2. The van der Waals surface area contributed by atoms with Crippen LogP contribution < -0.4 is 5.32 Å². The molecule has 7 heteroatoms. The first-order valence-electron chi connectivity index (χ1n) is 7.00. The van der Waals surface area contributed by atoms with Crippen LogP contribution in [0.2, 0.25) is 0 Å². The number of aliphatic carboxylic acids is 1. The Hall–Kier alpha value is -1.34. The van der Waals surface area contributed by atoms with Crippen molar-refractivity contribution in [2.75, 3.05) is 53.0 Å². The van der Waals surface area contributed by atoms with Crippen LogP contribution in [-0.4, -0.2) is 79.9 Å². The van der Waals surface area contributed by atoms with Gasteiger partial charge in [0.2, 0.25) is 0 Å². The molecule has 0 bridgehead atoms. The summed E-state index contributed by atoms with van der Waals surface area (Å²) in [6.07, 6.45) is 1.07. The van der Waals surface area contributed by atoms with Gasteiger partial charge in [0.15, 0.2) is 0 Å². The summed E-state index contributed by atoms with van der Waals surface area (Å²) in [6, 6.07) is -0.364. The van der Waals surface area contributed by atoms with E-state index in [1.54, 1.807) is 0 Å². The lowest BCUT2D eigenvalue weighted by atomic mass is 10.4. The number of carbonyl (C=O) groups is 2. The quantitative estimate of drug-likeness (QED) is 0.577. The summed E-state index contributed by atoms with van der Waals surface area (Å²) in [6.45, 7) is 7.66. The number of urea groups is 1. The molecule has 0 aliphatic rings. The van der Waals surface area contributed by atoms with Gasteiger partial charge >= 0.3 is 12.0 Å². The van der Waals surface area contributed by atoms with Crippen molar-refractivity contribution in [1.82, 2.24) is 15.1 Å². The molecule has 0 fully saturated rings. The van der Waals surface area contributed by atoms with Gasteiger partial charge in [0, 0.05) is 26.7 Å². The fourth-order valence-corrected chi connectivity index (χ4v) is 1.79. The minimum atomic E-state index is -1.03. The Kier molecular flexibility index (Phi) is 10.7. The molecule has 0 saturated carbocycles. The minimum absolute atomic E-state index is 0.265. The third kappa shape index (κ3) is 8.71. The number of ether oxygens (including phenoxy) is 1. The van der Waals surface area contributed by atoms with E-state index < -0.39 is 5.97 Å². The van der Waals surface area contributed by atoms with Crippen molar-refractivity contribution in [3.8, 4) is 0 Å². The molecule has 0 heterocycles. The van der Waals surface area contributed by atoms with Crippen LogP contribution in [-0.2, 0) is 9.53 Å². The van der Waals surface area contributed by atoms with Gasteiger partial charge in [-0.25, -0.2) is 4.79 Å². The Bertz CT molecular complexity index is 287. The van der Waals surface area contributed by atoms with Crippen LogP contribution in [0.5, 0.6) is 0 Å². The van der Waals surface area contributed by atoms with Gasteiger partial charge in [0.05, 0.1) is 6.61 Å². The van der Waals surface area contributed by atoms with Gasteiger partial charge in [-0.3, -0.25) is 4.79 Å². The average molecular weight is 289 g/mol. The molecular weight excluding hydrogens is 262 g/mol. The van der Waals surface area contributed by atoms with E-state index >= 15 is 0 Å². The lowest BCUT2D eigenvalue weighted by molar-refractivity contribution is -0.137. The van der Waals surface area contributed by atoms with Crippen molar-refractivity contribution < 1.29 is 19.4 Å². The van der Waals surface area contributed by atoms with E-state index in [2.05, 4.69) is 24.1 Å². The predicted octanol–water partition coefficient (Wildman–Crippen LogP) is 0.461. The highest BCUT2D eigenvalue weighted by atomic mass is 16.5. The van der Waals surface area contributed by atoms with Crippen molar-refractivity contribution in [3.05, 3.63) is 0 Å². The molecule has 0 unspecified atom stereocenters. The number of methoxy groups -OCH3 is 1. The van der Waals surface area contributed by atoms with Crippen molar-refractivity contribution in [2.24, 2.45) is 0 Å².